The van der Waals surface area contributed by atoms with Crippen molar-refractivity contribution in [1.82, 2.24) is 20.0 Å². The fourth-order valence-corrected chi connectivity index (χ4v) is 1.74. The Morgan fingerprint density at radius 1 is 1.24 bits per heavy atom. The summed E-state index contributed by atoms with van der Waals surface area (Å²) in [4.78, 5) is 4.79. The van der Waals surface area contributed by atoms with E-state index in [-0.39, 0.29) is 5.82 Å². The summed E-state index contributed by atoms with van der Waals surface area (Å²) in [6.45, 7) is 0. The molecule has 0 aliphatic carbocycles. The van der Waals surface area contributed by atoms with E-state index in [1.165, 1.54) is 25.5 Å². The number of anilines is 1. The van der Waals surface area contributed by atoms with Crippen molar-refractivity contribution in [1.29, 1.82) is 0 Å². The van der Waals surface area contributed by atoms with Gasteiger partial charge in [-0.2, -0.15) is 36.8 Å². The molecule has 0 fully saturated rings. The molecular weight excluding hydrogens is 315 g/mol. The third-order valence-corrected chi connectivity index (χ3v) is 3.16. The standard InChI is InChI=1S/C9H8F3N5O3S/c1-13-8-6(17-14-4-5-15-17)2-3-7(16-8)20-21(18,19)9(10,11)12/h2-5H,1H3,(H,13,16). The minimum absolute atomic E-state index is 0.0427. The Kier molecular flexibility index (Phi) is 3.72. The SMILES string of the molecule is CNc1nc(OS(=O)(=O)C(F)(F)F)ccc1-n1nccn1. The average Bonchev–Trinajstić information content (AvgIpc) is 2.90. The normalized spacial score (nSPS) is 12.2. The van der Waals surface area contributed by atoms with E-state index in [0.717, 1.165) is 10.9 Å². The molecule has 2 rings (SSSR count). The summed E-state index contributed by atoms with van der Waals surface area (Å²) in [5.74, 6) is -0.686. The highest BCUT2D eigenvalue weighted by molar-refractivity contribution is 7.87. The maximum absolute atomic E-state index is 12.2. The van der Waals surface area contributed by atoms with E-state index in [2.05, 4.69) is 24.7 Å². The van der Waals surface area contributed by atoms with Gasteiger partial charge in [-0.3, -0.25) is 0 Å². The number of hydrogen-bond donors (Lipinski definition) is 1. The molecule has 8 nitrogen and oxygen atoms in total. The van der Waals surface area contributed by atoms with Crippen molar-refractivity contribution in [3.8, 4) is 11.6 Å². The van der Waals surface area contributed by atoms with Gasteiger partial charge < -0.3 is 9.50 Å². The van der Waals surface area contributed by atoms with Crippen molar-refractivity contribution in [3.63, 3.8) is 0 Å². The summed E-state index contributed by atoms with van der Waals surface area (Å²) < 4.78 is 62.4. The molecule has 0 saturated heterocycles. The fourth-order valence-electron chi connectivity index (χ4n) is 1.33. The second-order valence-electron chi connectivity index (χ2n) is 3.57. The first kappa shape index (κ1) is 15.0. The molecule has 21 heavy (non-hydrogen) atoms. The van der Waals surface area contributed by atoms with Gasteiger partial charge >= 0.3 is 15.6 Å². The van der Waals surface area contributed by atoms with Crippen LogP contribution in [0.5, 0.6) is 5.88 Å². The Labute approximate surface area is 116 Å². The summed E-state index contributed by atoms with van der Waals surface area (Å²) in [6, 6.07) is 2.23. The summed E-state index contributed by atoms with van der Waals surface area (Å²) in [7, 11) is -4.33. The average molecular weight is 323 g/mol. The Hall–Kier alpha value is -2.37. The molecule has 0 bridgehead atoms. The molecule has 2 aromatic heterocycles. The zero-order chi connectivity index (χ0) is 15.7. The van der Waals surface area contributed by atoms with Crippen molar-refractivity contribution in [2.24, 2.45) is 0 Å². The van der Waals surface area contributed by atoms with Gasteiger partial charge in [0.2, 0.25) is 5.88 Å². The third-order valence-electron chi connectivity index (χ3n) is 2.20. The molecule has 0 atom stereocenters. The van der Waals surface area contributed by atoms with E-state index in [1.54, 1.807) is 0 Å². The molecule has 0 aromatic carbocycles. The lowest BCUT2D eigenvalue weighted by Crippen LogP contribution is -2.28. The number of rotatable bonds is 4. The first-order valence-electron chi connectivity index (χ1n) is 5.31. The summed E-state index contributed by atoms with van der Waals surface area (Å²) in [6.07, 6.45) is 2.77. The van der Waals surface area contributed by atoms with Crippen molar-refractivity contribution in [2.45, 2.75) is 5.51 Å². The second kappa shape index (κ2) is 5.20. The van der Waals surface area contributed by atoms with Gasteiger partial charge in [-0.25, -0.2) is 0 Å². The minimum atomic E-state index is -5.77. The number of halogens is 3. The highest BCUT2D eigenvalue weighted by atomic mass is 32.2. The van der Waals surface area contributed by atoms with Gasteiger partial charge in [0.1, 0.15) is 5.69 Å². The quantitative estimate of drug-likeness (QED) is 0.660. The van der Waals surface area contributed by atoms with E-state index in [4.69, 9.17) is 0 Å². The highest BCUT2D eigenvalue weighted by Gasteiger charge is 2.48. The van der Waals surface area contributed by atoms with Crippen LogP contribution in [-0.4, -0.2) is 41.0 Å². The molecular formula is C9H8F3N5O3S. The summed E-state index contributed by atoms with van der Waals surface area (Å²) >= 11 is 0. The molecule has 0 amide bonds. The lowest BCUT2D eigenvalue weighted by molar-refractivity contribution is -0.0501. The number of alkyl halides is 3. The van der Waals surface area contributed by atoms with Gasteiger partial charge in [0.25, 0.3) is 0 Å². The molecule has 0 aliphatic heterocycles. The van der Waals surface area contributed by atoms with Crippen LogP contribution < -0.4 is 9.50 Å². The summed E-state index contributed by atoms with van der Waals surface area (Å²) in [5, 5.41) is 10.2. The predicted octanol–water partition coefficient (Wildman–Crippen LogP) is 0.932. The first-order valence-corrected chi connectivity index (χ1v) is 6.71. The first-order chi connectivity index (χ1) is 9.74. The predicted molar refractivity (Wildman–Crippen MR) is 64.3 cm³/mol. The van der Waals surface area contributed by atoms with Crippen LogP contribution in [0.2, 0.25) is 0 Å². The molecule has 0 spiro atoms. The largest absolute Gasteiger partial charge is 0.534 e. The number of nitrogens with one attached hydrogen (secondary N) is 1. The molecule has 0 saturated carbocycles. The molecule has 0 unspecified atom stereocenters. The molecule has 2 aromatic rings. The van der Waals surface area contributed by atoms with Gasteiger partial charge in [-0.15, -0.1) is 4.80 Å². The smallest absolute Gasteiger partial charge is 0.371 e. The number of hydrogen-bond acceptors (Lipinski definition) is 7. The van der Waals surface area contributed by atoms with Crippen LogP contribution in [0.4, 0.5) is 19.0 Å². The highest BCUT2D eigenvalue weighted by Crippen LogP contribution is 2.27. The van der Waals surface area contributed by atoms with Gasteiger partial charge in [0.05, 0.1) is 12.4 Å². The van der Waals surface area contributed by atoms with Gasteiger partial charge in [0.15, 0.2) is 5.82 Å². The van der Waals surface area contributed by atoms with E-state index < -0.39 is 21.5 Å². The number of pyridine rings is 1. The van der Waals surface area contributed by atoms with Crippen molar-refractivity contribution in [3.05, 3.63) is 24.5 Å². The molecule has 1 N–H and O–H groups in total. The van der Waals surface area contributed by atoms with Crippen LogP contribution in [-0.2, 0) is 10.1 Å². The lowest BCUT2D eigenvalue weighted by atomic mass is 10.4. The van der Waals surface area contributed by atoms with Crippen molar-refractivity contribution >= 4 is 15.9 Å². The van der Waals surface area contributed by atoms with Crippen molar-refractivity contribution < 1.29 is 25.8 Å². The third kappa shape index (κ3) is 3.04. The number of nitrogens with zero attached hydrogens (tertiary/aromatic N) is 4. The summed E-state index contributed by atoms with van der Waals surface area (Å²) in [5.41, 5.74) is -5.23. The lowest BCUT2D eigenvalue weighted by Gasteiger charge is -2.11. The van der Waals surface area contributed by atoms with Crippen molar-refractivity contribution in [2.75, 3.05) is 12.4 Å². The van der Waals surface area contributed by atoms with Crippen LogP contribution in [0.25, 0.3) is 5.69 Å². The van der Waals surface area contributed by atoms with Crippen LogP contribution >= 0.6 is 0 Å². The maximum atomic E-state index is 12.2. The Morgan fingerprint density at radius 2 is 1.86 bits per heavy atom. The van der Waals surface area contributed by atoms with Crippen LogP contribution in [0.3, 0.4) is 0 Å². The van der Waals surface area contributed by atoms with E-state index in [1.807, 2.05) is 0 Å². The molecule has 114 valence electrons. The van der Waals surface area contributed by atoms with Gasteiger partial charge in [0, 0.05) is 13.1 Å². The Morgan fingerprint density at radius 3 is 2.38 bits per heavy atom. The zero-order valence-electron chi connectivity index (χ0n) is 10.4. The minimum Gasteiger partial charge on any atom is -0.371 e. The van der Waals surface area contributed by atoms with Crippen LogP contribution in [0, 0.1) is 0 Å². The van der Waals surface area contributed by atoms with Gasteiger partial charge in [-0.1, -0.05) is 0 Å². The zero-order valence-corrected chi connectivity index (χ0v) is 11.2. The van der Waals surface area contributed by atoms with E-state index >= 15 is 0 Å². The Bertz CT molecular complexity index is 730. The monoisotopic (exact) mass is 323 g/mol. The van der Waals surface area contributed by atoms with E-state index in [0.29, 0.717) is 5.69 Å². The fraction of sp³-hybridized carbons (Fsp3) is 0.222. The number of aromatic nitrogens is 4. The molecule has 0 radical (unpaired) electrons. The molecule has 12 heteroatoms. The second-order valence-corrected chi connectivity index (χ2v) is 5.11. The van der Waals surface area contributed by atoms with Crippen LogP contribution in [0.15, 0.2) is 24.5 Å². The Balaban J connectivity index is 2.37. The topological polar surface area (TPSA) is 99.0 Å². The molecule has 2 heterocycles. The maximum Gasteiger partial charge on any atom is 0.534 e. The van der Waals surface area contributed by atoms with E-state index in [9.17, 15) is 21.6 Å². The molecule has 0 aliphatic rings. The van der Waals surface area contributed by atoms with Gasteiger partial charge in [-0.05, 0) is 6.07 Å². The van der Waals surface area contributed by atoms with Crippen LogP contribution in [0.1, 0.15) is 0 Å².